The third kappa shape index (κ3) is 3.00. The number of nitrogens with one attached hydrogen (secondary N) is 2. The van der Waals surface area contributed by atoms with Crippen molar-refractivity contribution in [1.29, 1.82) is 0 Å². The van der Waals surface area contributed by atoms with Gasteiger partial charge in [-0.25, -0.2) is 0 Å². The van der Waals surface area contributed by atoms with Crippen molar-refractivity contribution in [3.05, 3.63) is 21.5 Å². The monoisotopic (exact) mass is 242 g/mol. The summed E-state index contributed by atoms with van der Waals surface area (Å²) in [7, 11) is 0. The maximum Gasteiger partial charge on any atom is 0.322 e. The summed E-state index contributed by atoms with van der Waals surface area (Å²) in [5, 5.41) is 27.9. The molecule has 3 N–H and O–H groups in total. The first-order valence-electron chi connectivity index (χ1n) is 5.22. The molecule has 0 fully saturated rings. The Bertz CT molecular complexity index is 415. The molecule has 0 saturated carbocycles. The summed E-state index contributed by atoms with van der Waals surface area (Å²) in [5.41, 5.74) is -0.194. The summed E-state index contributed by atoms with van der Waals surface area (Å²) >= 11 is 0. The Kier molecular flexibility index (Phi) is 4.58. The van der Waals surface area contributed by atoms with E-state index in [2.05, 4.69) is 15.5 Å². The number of amides is 1. The molecule has 1 heterocycles. The fraction of sp³-hybridized carbons (Fsp3) is 0.556. The molecule has 1 aromatic heterocycles. The summed E-state index contributed by atoms with van der Waals surface area (Å²) in [4.78, 5) is 21.8. The Morgan fingerprint density at radius 3 is 2.88 bits per heavy atom. The van der Waals surface area contributed by atoms with Crippen molar-refractivity contribution in [3.63, 3.8) is 0 Å². The number of aromatic nitrogens is 2. The lowest BCUT2D eigenvalue weighted by atomic mass is 10.2. The molecule has 0 radical (unpaired) electrons. The largest absolute Gasteiger partial charge is 0.395 e. The van der Waals surface area contributed by atoms with Gasteiger partial charge < -0.3 is 10.4 Å². The lowest BCUT2D eigenvalue weighted by Crippen LogP contribution is -2.27. The molecule has 1 rings (SSSR count). The van der Waals surface area contributed by atoms with Crippen LogP contribution in [0.3, 0.4) is 0 Å². The van der Waals surface area contributed by atoms with Crippen LogP contribution in [-0.4, -0.2) is 39.3 Å². The average molecular weight is 242 g/mol. The smallest absolute Gasteiger partial charge is 0.322 e. The van der Waals surface area contributed by atoms with Crippen molar-refractivity contribution >= 4 is 11.6 Å². The second kappa shape index (κ2) is 5.94. The first-order valence-corrected chi connectivity index (χ1v) is 5.22. The van der Waals surface area contributed by atoms with E-state index in [0.29, 0.717) is 18.5 Å². The molecule has 8 nitrogen and oxygen atoms in total. The third-order valence-corrected chi connectivity index (χ3v) is 2.11. The quantitative estimate of drug-likeness (QED) is 0.478. The molecular formula is C9H14N4O4. The molecular weight excluding hydrogens is 228 g/mol. The average Bonchev–Trinajstić information content (AvgIpc) is 2.70. The van der Waals surface area contributed by atoms with Gasteiger partial charge in [-0.3, -0.25) is 20.0 Å². The van der Waals surface area contributed by atoms with E-state index >= 15 is 0 Å². The highest BCUT2D eigenvalue weighted by Gasteiger charge is 2.28. The topological polar surface area (TPSA) is 121 Å². The van der Waals surface area contributed by atoms with Crippen LogP contribution in [0.5, 0.6) is 0 Å². The van der Waals surface area contributed by atoms with E-state index < -0.39 is 10.8 Å². The van der Waals surface area contributed by atoms with Crippen LogP contribution < -0.4 is 5.32 Å². The van der Waals surface area contributed by atoms with Crippen LogP contribution in [-0.2, 0) is 6.42 Å². The van der Waals surface area contributed by atoms with Crippen molar-refractivity contribution in [1.82, 2.24) is 15.5 Å². The number of carbonyl (C=O) groups is 1. The number of nitrogens with zero attached hydrogens (tertiary/aromatic N) is 2. The van der Waals surface area contributed by atoms with Gasteiger partial charge in [-0.05, 0) is 6.42 Å². The number of nitro groups is 1. The molecule has 17 heavy (non-hydrogen) atoms. The standard InChI is InChI=1S/C9H14N4O4/c1-2-3-6-8(13(16)17)7(12-11-6)9(15)10-4-5-14/h14H,2-5H2,1H3,(H,10,15)(H,11,12). The minimum absolute atomic E-state index is 0.0337. The number of aryl methyl sites for hydroxylation is 1. The number of H-pyrrole nitrogens is 1. The Balaban J connectivity index is 2.99. The van der Waals surface area contributed by atoms with Crippen molar-refractivity contribution in [2.24, 2.45) is 0 Å². The first kappa shape index (κ1) is 13.1. The second-order valence-electron chi connectivity index (χ2n) is 3.39. The number of carbonyl (C=O) groups excluding carboxylic acids is 1. The fourth-order valence-electron chi connectivity index (χ4n) is 1.40. The van der Waals surface area contributed by atoms with Gasteiger partial charge in [-0.15, -0.1) is 0 Å². The van der Waals surface area contributed by atoms with Crippen molar-refractivity contribution in [3.8, 4) is 0 Å². The van der Waals surface area contributed by atoms with Gasteiger partial charge in [0.15, 0.2) is 0 Å². The van der Waals surface area contributed by atoms with Crippen LogP contribution in [0.15, 0.2) is 0 Å². The molecule has 0 spiro atoms. The van der Waals surface area contributed by atoms with E-state index in [1.165, 1.54) is 0 Å². The van der Waals surface area contributed by atoms with Gasteiger partial charge in [0.05, 0.1) is 11.5 Å². The van der Waals surface area contributed by atoms with E-state index in [0.717, 1.165) is 0 Å². The van der Waals surface area contributed by atoms with Gasteiger partial charge in [0.1, 0.15) is 5.69 Å². The molecule has 0 saturated heterocycles. The zero-order valence-electron chi connectivity index (χ0n) is 9.39. The fourth-order valence-corrected chi connectivity index (χ4v) is 1.40. The van der Waals surface area contributed by atoms with Crippen LogP contribution >= 0.6 is 0 Å². The number of hydrogen-bond acceptors (Lipinski definition) is 5. The summed E-state index contributed by atoms with van der Waals surface area (Å²) in [6, 6.07) is 0. The highest BCUT2D eigenvalue weighted by atomic mass is 16.6. The Morgan fingerprint density at radius 2 is 2.35 bits per heavy atom. The first-order chi connectivity index (χ1) is 8.11. The molecule has 0 atom stereocenters. The van der Waals surface area contributed by atoms with Crippen molar-refractivity contribution < 1.29 is 14.8 Å². The van der Waals surface area contributed by atoms with Crippen molar-refractivity contribution in [2.45, 2.75) is 19.8 Å². The molecule has 0 unspecified atom stereocenters. The lowest BCUT2D eigenvalue weighted by Gasteiger charge is -1.99. The summed E-state index contributed by atoms with van der Waals surface area (Å²) in [6.07, 6.45) is 1.16. The van der Waals surface area contributed by atoms with Crippen LogP contribution in [0, 0.1) is 10.1 Å². The van der Waals surface area contributed by atoms with Gasteiger partial charge in [-0.2, -0.15) is 5.10 Å². The molecule has 1 amide bonds. The van der Waals surface area contributed by atoms with E-state index in [-0.39, 0.29) is 24.5 Å². The number of aliphatic hydroxyl groups is 1. The summed E-state index contributed by atoms with van der Waals surface area (Å²) in [5.74, 6) is -0.663. The van der Waals surface area contributed by atoms with Crippen LogP contribution in [0.4, 0.5) is 5.69 Å². The van der Waals surface area contributed by atoms with E-state index in [9.17, 15) is 14.9 Å². The maximum atomic E-state index is 11.5. The molecule has 0 bridgehead atoms. The van der Waals surface area contributed by atoms with Gasteiger partial charge in [0.25, 0.3) is 5.91 Å². The Hall–Kier alpha value is -1.96. The normalized spacial score (nSPS) is 10.2. The zero-order chi connectivity index (χ0) is 12.8. The van der Waals surface area contributed by atoms with E-state index in [1.807, 2.05) is 6.92 Å². The minimum Gasteiger partial charge on any atom is -0.395 e. The molecule has 0 aliphatic heterocycles. The number of aliphatic hydroxyl groups excluding tert-OH is 1. The molecule has 8 heteroatoms. The van der Waals surface area contributed by atoms with Gasteiger partial charge in [0, 0.05) is 6.54 Å². The Labute approximate surface area is 97.2 Å². The number of rotatable bonds is 6. The highest BCUT2D eigenvalue weighted by Crippen LogP contribution is 2.22. The molecule has 0 aliphatic carbocycles. The van der Waals surface area contributed by atoms with Crippen LogP contribution in [0.1, 0.15) is 29.5 Å². The summed E-state index contributed by atoms with van der Waals surface area (Å²) < 4.78 is 0. The second-order valence-corrected chi connectivity index (χ2v) is 3.39. The third-order valence-electron chi connectivity index (χ3n) is 2.11. The van der Waals surface area contributed by atoms with E-state index in [1.54, 1.807) is 0 Å². The van der Waals surface area contributed by atoms with Crippen LogP contribution in [0.25, 0.3) is 0 Å². The van der Waals surface area contributed by atoms with Crippen LogP contribution in [0.2, 0.25) is 0 Å². The predicted octanol–water partition coefficient (Wildman–Crippen LogP) is -0.00750. The molecule has 0 aromatic carbocycles. The Morgan fingerprint density at radius 1 is 1.65 bits per heavy atom. The maximum absolute atomic E-state index is 11.5. The minimum atomic E-state index is -0.663. The summed E-state index contributed by atoms with van der Waals surface area (Å²) in [6.45, 7) is 1.67. The lowest BCUT2D eigenvalue weighted by molar-refractivity contribution is -0.385. The van der Waals surface area contributed by atoms with Gasteiger partial charge >= 0.3 is 5.69 Å². The highest BCUT2D eigenvalue weighted by molar-refractivity contribution is 5.96. The van der Waals surface area contributed by atoms with Gasteiger partial charge in [0.2, 0.25) is 5.69 Å². The predicted molar refractivity (Wildman–Crippen MR) is 58.7 cm³/mol. The SMILES string of the molecule is CCCc1[nH]nc(C(=O)NCCO)c1[N+](=O)[O-]. The van der Waals surface area contributed by atoms with E-state index in [4.69, 9.17) is 5.11 Å². The number of hydrogen-bond donors (Lipinski definition) is 3. The van der Waals surface area contributed by atoms with Gasteiger partial charge in [-0.1, -0.05) is 13.3 Å². The molecule has 1 aromatic rings. The number of aromatic amines is 1. The zero-order valence-corrected chi connectivity index (χ0v) is 9.39. The molecule has 0 aliphatic rings. The molecule has 94 valence electrons. The van der Waals surface area contributed by atoms with Crippen molar-refractivity contribution in [2.75, 3.05) is 13.2 Å².